The van der Waals surface area contributed by atoms with Crippen LogP contribution in [-0.2, 0) is 9.53 Å². The molecule has 4 N–H and O–H groups in total. The number of nitrogens with zero attached hydrogens (tertiary/aromatic N) is 1. The summed E-state index contributed by atoms with van der Waals surface area (Å²) >= 11 is 6.17. The monoisotopic (exact) mass is 462 g/mol. The number of hydrogen-bond acceptors (Lipinski definition) is 5. The number of rotatable bonds is 6. The quantitative estimate of drug-likeness (QED) is 0.598. The third-order valence-corrected chi connectivity index (χ3v) is 6.32. The fourth-order valence-corrected chi connectivity index (χ4v) is 4.11. The van der Waals surface area contributed by atoms with E-state index < -0.39 is 29.3 Å². The molecule has 1 saturated carbocycles. The van der Waals surface area contributed by atoms with Gasteiger partial charge in [-0.1, -0.05) is 18.5 Å². The van der Waals surface area contributed by atoms with Crippen LogP contribution in [0.25, 0.3) is 0 Å². The molecule has 3 amide bonds. The number of aliphatic imine (C=N–C) groups is 1. The van der Waals surface area contributed by atoms with Crippen LogP contribution in [0.2, 0.25) is 5.02 Å². The minimum atomic E-state index is -0.786. The minimum Gasteiger partial charge on any atom is -0.496 e. The summed E-state index contributed by atoms with van der Waals surface area (Å²) in [5.41, 5.74) is 5.93. The van der Waals surface area contributed by atoms with Crippen LogP contribution in [0.3, 0.4) is 0 Å². The summed E-state index contributed by atoms with van der Waals surface area (Å²) in [5.74, 6) is -1.09. The topological polar surface area (TPSA) is 115 Å². The van der Waals surface area contributed by atoms with Gasteiger partial charge in [0.05, 0.1) is 29.5 Å². The maximum Gasteiger partial charge on any atom is 0.319 e. The number of allylic oxidation sites excluding steroid dienone is 1. The predicted octanol–water partition coefficient (Wildman–Crippen LogP) is 3.66. The number of hydrogen-bond donors (Lipinski definition) is 3. The van der Waals surface area contributed by atoms with E-state index in [1.165, 1.54) is 19.2 Å². The summed E-state index contributed by atoms with van der Waals surface area (Å²) < 4.78 is 26.4. The van der Waals surface area contributed by atoms with Crippen LogP contribution >= 0.6 is 11.6 Å². The van der Waals surface area contributed by atoms with Crippen LogP contribution in [0, 0.1) is 11.2 Å². The number of nitrogens with two attached hydrogens (primary N) is 1. The summed E-state index contributed by atoms with van der Waals surface area (Å²) in [4.78, 5) is 28.4. The first-order valence-electron chi connectivity index (χ1n) is 10.3. The first-order valence-corrected chi connectivity index (χ1v) is 10.6. The van der Waals surface area contributed by atoms with E-state index in [0.29, 0.717) is 23.5 Å². The van der Waals surface area contributed by atoms with E-state index in [1.54, 1.807) is 12.3 Å². The van der Waals surface area contributed by atoms with Gasteiger partial charge in [0, 0.05) is 24.8 Å². The largest absolute Gasteiger partial charge is 0.496 e. The molecule has 0 aromatic heterocycles. The van der Waals surface area contributed by atoms with E-state index >= 15 is 4.39 Å². The van der Waals surface area contributed by atoms with Gasteiger partial charge in [0.2, 0.25) is 5.91 Å². The van der Waals surface area contributed by atoms with E-state index in [2.05, 4.69) is 15.6 Å². The van der Waals surface area contributed by atoms with Crippen molar-refractivity contribution in [3.05, 3.63) is 46.1 Å². The number of primary amides is 1. The van der Waals surface area contributed by atoms with Crippen LogP contribution in [0.4, 0.5) is 14.9 Å². The summed E-state index contributed by atoms with van der Waals surface area (Å²) in [6, 6.07) is 2.63. The zero-order valence-electron chi connectivity index (χ0n) is 17.7. The summed E-state index contributed by atoms with van der Waals surface area (Å²) in [7, 11) is 1.45. The average Bonchev–Trinajstić information content (AvgIpc) is 3.56. The molecule has 0 spiro atoms. The second kappa shape index (κ2) is 8.46. The molecule has 170 valence electrons. The Morgan fingerprint density at radius 3 is 2.75 bits per heavy atom. The van der Waals surface area contributed by atoms with Crippen LogP contribution in [-0.4, -0.2) is 37.4 Å². The van der Waals surface area contributed by atoms with Gasteiger partial charge in [0.15, 0.2) is 11.6 Å². The highest BCUT2D eigenvalue weighted by Crippen LogP contribution is 2.47. The lowest BCUT2D eigenvalue weighted by Gasteiger charge is -2.42. The Morgan fingerprint density at radius 1 is 1.34 bits per heavy atom. The van der Waals surface area contributed by atoms with Crippen molar-refractivity contribution in [2.45, 2.75) is 44.8 Å². The molecule has 4 rings (SSSR count). The molecule has 1 aromatic carbocycles. The zero-order chi connectivity index (χ0) is 23.0. The number of carbonyl (C=O) groups is 2. The van der Waals surface area contributed by atoms with Crippen molar-refractivity contribution in [2.24, 2.45) is 16.1 Å². The SMILES string of the molecule is COC1=C(C(N)=O)CC2(C)C(=C1)N=CCC2Oc1ccc(NC(=O)NC2CC2)c(Cl)c1F. The van der Waals surface area contributed by atoms with E-state index in [-0.39, 0.29) is 28.9 Å². The lowest BCUT2D eigenvalue weighted by molar-refractivity contribution is -0.115. The second-order valence-corrected chi connectivity index (χ2v) is 8.68. The molecule has 1 heterocycles. The maximum atomic E-state index is 15.0. The van der Waals surface area contributed by atoms with Crippen LogP contribution < -0.4 is 21.1 Å². The summed E-state index contributed by atoms with van der Waals surface area (Å²) in [6.07, 6.45) is 5.28. The van der Waals surface area contributed by atoms with Gasteiger partial charge in [0.25, 0.3) is 0 Å². The Hall–Kier alpha value is -3.07. The Bertz CT molecular complexity index is 1070. The van der Waals surface area contributed by atoms with Gasteiger partial charge < -0.3 is 25.8 Å². The number of anilines is 1. The van der Waals surface area contributed by atoms with Crippen LogP contribution in [0.1, 0.15) is 32.6 Å². The van der Waals surface area contributed by atoms with Crippen molar-refractivity contribution in [3.8, 4) is 5.75 Å². The molecule has 2 atom stereocenters. The minimum absolute atomic E-state index is 0.0637. The smallest absolute Gasteiger partial charge is 0.319 e. The number of amides is 3. The molecular formula is C22H24ClFN4O4. The van der Waals surface area contributed by atoms with Gasteiger partial charge in [0.1, 0.15) is 16.9 Å². The Kier molecular flexibility index (Phi) is 5.85. The van der Waals surface area contributed by atoms with Crippen molar-refractivity contribution in [1.82, 2.24) is 5.32 Å². The van der Waals surface area contributed by atoms with E-state index in [4.69, 9.17) is 26.8 Å². The van der Waals surface area contributed by atoms with Crippen LogP contribution in [0.15, 0.2) is 40.2 Å². The standard InChI is InChI=1S/C22H24ClFN4O4/c1-22-10-12(20(25)29)15(31-2)9-16(22)26-8-7-17(22)32-14-6-5-13(18(23)19(14)24)28-21(30)27-11-3-4-11/h5-6,8-9,11,17H,3-4,7,10H2,1-2H3,(H2,25,29)(H2,27,28,30). The van der Waals surface area contributed by atoms with Gasteiger partial charge in [-0.25, -0.2) is 9.18 Å². The average molecular weight is 463 g/mol. The molecule has 1 aliphatic heterocycles. The number of methoxy groups -OCH3 is 1. The fourth-order valence-electron chi connectivity index (χ4n) is 3.90. The van der Waals surface area contributed by atoms with Crippen molar-refractivity contribution in [2.75, 3.05) is 12.4 Å². The Labute approximate surface area is 189 Å². The van der Waals surface area contributed by atoms with Crippen molar-refractivity contribution < 1.29 is 23.5 Å². The first kappa shape index (κ1) is 22.1. The summed E-state index contributed by atoms with van der Waals surface area (Å²) in [6.45, 7) is 1.88. The lowest BCUT2D eigenvalue weighted by atomic mass is 9.70. The number of urea groups is 1. The van der Waals surface area contributed by atoms with Gasteiger partial charge in [-0.3, -0.25) is 9.79 Å². The number of ether oxygens (including phenoxy) is 2. The van der Waals surface area contributed by atoms with E-state index in [9.17, 15) is 9.59 Å². The number of nitrogens with one attached hydrogen (secondary N) is 2. The van der Waals surface area contributed by atoms with Gasteiger partial charge in [-0.15, -0.1) is 0 Å². The second-order valence-electron chi connectivity index (χ2n) is 8.30. The maximum absolute atomic E-state index is 15.0. The van der Waals surface area contributed by atoms with Crippen LogP contribution in [0.5, 0.6) is 5.75 Å². The third-order valence-electron chi connectivity index (χ3n) is 5.95. The normalized spacial score (nSPS) is 24.4. The lowest BCUT2D eigenvalue weighted by Crippen LogP contribution is -2.44. The molecule has 3 aliphatic rings. The summed E-state index contributed by atoms with van der Waals surface area (Å²) in [5, 5.41) is 5.06. The Morgan fingerprint density at radius 2 is 2.09 bits per heavy atom. The van der Waals surface area contributed by atoms with Gasteiger partial charge in [-0.05, 0) is 31.4 Å². The molecule has 2 aliphatic carbocycles. The molecule has 1 fully saturated rings. The fraction of sp³-hybridized carbons (Fsp3) is 0.409. The van der Waals surface area contributed by atoms with E-state index in [0.717, 1.165) is 12.8 Å². The van der Waals surface area contributed by atoms with Gasteiger partial charge >= 0.3 is 6.03 Å². The first-order chi connectivity index (χ1) is 15.2. The molecule has 32 heavy (non-hydrogen) atoms. The van der Waals surface area contributed by atoms with Crippen molar-refractivity contribution >= 4 is 35.4 Å². The molecule has 0 saturated heterocycles. The Balaban J connectivity index is 1.56. The van der Waals surface area contributed by atoms with Crippen molar-refractivity contribution in [3.63, 3.8) is 0 Å². The number of benzene rings is 1. The molecule has 0 bridgehead atoms. The molecule has 8 nitrogen and oxygen atoms in total. The highest BCUT2D eigenvalue weighted by atomic mass is 35.5. The molecular weight excluding hydrogens is 439 g/mol. The number of carbonyl (C=O) groups excluding carboxylic acids is 2. The van der Waals surface area contributed by atoms with E-state index in [1.807, 2.05) is 6.92 Å². The number of halogens is 2. The number of fused-ring (bicyclic) bond motifs is 1. The predicted molar refractivity (Wildman–Crippen MR) is 118 cm³/mol. The zero-order valence-corrected chi connectivity index (χ0v) is 18.5. The molecule has 2 unspecified atom stereocenters. The molecule has 1 aromatic rings. The van der Waals surface area contributed by atoms with Crippen molar-refractivity contribution in [1.29, 1.82) is 0 Å². The highest BCUT2D eigenvalue weighted by molar-refractivity contribution is 6.34. The van der Waals surface area contributed by atoms with Gasteiger partial charge in [-0.2, -0.15) is 0 Å². The highest BCUT2D eigenvalue weighted by Gasteiger charge is 2.46. The molecule has 10 heteroatoms. The molecule has 0 radical (unpaired) electrons. The third kappa shape index (κ3) is 4.17.